The van der Waals surface area contributed by atoms with Gasteiger partial charge in [-0.25, -0.2) is 4.79 Å². The summed E-state index contributed by atoms with van der Waals surface area (Å²) in [5.41, 5.74) is 4.43. The van der Waals surface area contributed by atoms with Crippen molar-refractivity contribution in [3.8, 4) is 0 Å². The first-order valence-corrected chi connectivity index (χ1v) is 10.6. The molecular formula is C27H28O4. The fourth-order valence-electron chi connectivity index (χ4n) is 4.52. The number of carbonyl (C=O) groups excluding carboxylic acids is 2. The Morgan fingerprint density at radius 3 is 2.13 bits per heavy atom. The number of aryl methyl sites for hydroxylation is 2. The molecule has 0 N–H and O–H groups in total. The minimum Gasteiger partial charge on any atom is -0.446 e. The third-order valence-corrected chi connectivity index (χ3v) is 6.05. The van der Waals surface area contributed by atoms with Crippen molar-refractivity contribution in [2.24, 2.45) is 5.41 Å². The van der Waals surface area contributed by atoms with E-state index in [0.29, 0.717) is 24.2 Å². The zero-order valence-electron chi connectivity index (χ0n) is 18.8. The molecule has 160 valence electrons. The largest absolute Gasteiger partial charge is 0.446 e. The molecule has 0 saturated carbocycles. The van der Waals surface area contributed by atoms with Gasteiger partial charge in [0.05, 0.1) is 5.41 Å². The topological polar surface area (TPSA) is 52.6 Å². The van der Waals surface area contributed by atoms with Crippen LogP contribution in [-0.4, -0.2) is 17.5 Å². The molecular weight excluding hydrogens is 388 g/mol. The quantitative estimate of drug-likeness (QED) is 0.634. The van der Waals surface area contributed by atoms with Gasteiger partial charge in [-0.3, -0.25) is 4.79 Å². The molecule has 0 radical (unpaired) electrons. The second-order valence-electron chi connectivity index (χ2n) is 9.58. The highest BCUT2D eigenvalue weighted by Gasteiger charge is 2.54. The third-order valence-electron chi connectivity index (χ3n) is 6.05. The predicted molar refractivity (Wildman–Crippen MR) is 121 cm³/mol. The Hall–Kier alpha value is -3.14. The fraction of sp³-hybridized carbons (Fsp3) is 0.333. The van der Waals surface area contributed by atoms with Gasteiger partial charge in [0.25, 0.3) is 0 Å². The molecule has 0 bridgehead atoms. The van der Waals surface area contributed by atoms with Crippen LogP contribution in [0.1, 0.15) is 54.2 Å². The lowest BCUT2D eigenvalue weighted by atomic mass is 9.89. The van der Waals surface area contributed by atoms with E-state index >= 15 is 0 Å². The molecule has 1 aliphatic carbocycles. The minimum atomic E-state index is -0.993. The average Bonchev–Trinajstić information content (AvgIpc) is 3.17. The van der Waals surface area contributed by atoms with Crippen molar-refractivity contribution in [3.63, 3.8) is 0 Å². The highest BCUT2D eigenvalue weighted by Crippen LogP contribution is 2.48. The van der Waals surface area contributed by atoms with E-state index in [-0.39, 0.29) is 5.97 Å². The molecule has 4 nitrogen and oxygen atoms in total. The monoisotopic (exact) mass is 416 g/mol. The lowest BCUT2D eigenvalue weighted by Crippen LogP contribution is -2.36. The van der Waals surface area contributed by atoms with Crippen molar-refractivity contribution in [2.75, 3.05) is 0 Å². The molecule has 4 rings (SSSR count). The van der Waals surface area contributed by atoms with Crippen LogP contribution in [0, 0.1) is 19.3 Å². The van der Waals surface area contributed by atoms with Crippen molar-refractivity contribution in [1.82, 2.24) is 0 Å². The molecule has 0 fully saturated rings. The van der Waals surface area contributed by atoms with Gasteiger partial charge in [0.1, 0.15) is 5.57 Å². The summed E-state index contributed by atoms with van der Waals surface area (Å²) < 4.78 is 12.1. The van der Waals surface area contributed by atoms with Crippen molar-refractivity contribution >= 4 is 23.6 Å². The average molecular weight is 417 g/mol. The van der Waals surface area contributed by atoms with Crippen LogP contribution in [0.25, 0.3) is 11.6 Å². The van der Waals surface area contributed by atoms with Crippen molar-refractivity contribution in [1.29, 1.82) is 0 Å². The summed E-state index contributed by atoms with van der Waals surface area (Å²) in [6.45, 7) is 13.2. The number of fused-ring (bicyclic) bond motifs is 1. The minimum absolute atomic E-state index is 0.339. The summed E-state index contributed by atoms with van der Waals surface area (Å²) in [6, 6.07) is 12.0. The van der Waals surface area contributed by atoms with Crippen LogP contribution in [0.2, 0.25) is 0 Å². The molecule has 0 amide bonds. The van der Waals surface area contributed by atoms with Gasteiger partial charge in [-0.1, -0.05) is 49.1 Å². The molecule has 2 aromatic carbocycles. The Labute approximate surface area is 183 Å². The molecule has 2 aliphatic rings. The fourth-order valence-corrected chi connectivity index (χ4v) is 4.52. The van der Waals surface area contributed by atoms with Crippen LogP contribution < -0.4 is 0 Å². The van der Waals surface area contributed by atoms with E-state index < -0.39 is 17.0 Å². The van der Waals surface area contributed by atoms with Crippen LogP contribution in [0.15, 0.2) is 48.7 Å². The first-order chi connectivity index (χ1) is 14.6. The van der Waals surface area contributed by atoms with Gasteiger partial charge in [-0.2, -0.15) is 0 Å². The van der Waals surface area contributed by atoms with Gasteiger partial charge in [-0.05, 0) is 68.0 Å². The van der Waals surface area contributed by atoms with Crippen LogP contribution in [0.3, 0.4) is 0 Å². The smallest absolute Gasteiger partial charge is 0.343 e. The number of rotatable bonds is 3. The van der Waals surface area contributed by atoms with E-state index in [1.54, 1.807) is 26.8 Å². The summed E-state index contributed by atoms with van der Waals surface area (Å²) in [5, 5.41) is 0. The first kappa shape index (κ1) is 21.1. The van der Waals surface area contributed by atoms with Crippen LogP contribution in [-0.2, 0) is 31.9 Å². The molecule has 1 heterocycles. The van der Waals surface area contributed by atoms with E-state index in [1.807, 2.05) is 50.2 Å². The van der Waals surface area contributed by atoms with Crippen LogP contribution in [0.4, 0.5) is 0 Å². The highest BCUT2D eigenvalue weighted by molar-refractivity contribution is 6.21. The maximum absolute atomic E-state index is 13.3. The van der Waals surface area contributed by atoms with Crippen LogP contribution >= 0.6 is 0 Å². The Kier molecular flexibility index (Phi) is 4.92. The van der Waals surface area contributed by atoms with Crippen molar-refractivity contribution in [3.05, 3.63) is 82.1 Å². The Balaban J connectivity index is 1.93. The first-order valence-electron chi connectivity index (χ1n) is 10.6. The van der Waals surface area contributed by atoms with Gasteiger partial charge in [0.15, 0.2) is 11.4 Å². The Morgan fingerprint density at radius 1 is 1.10 bits per heavy atom. The Morgan fingerprint density at radius 2 is 1.65 bits per heavy atom. The van der Waals surface area contributed by atoms with E-state index in [1.165, 1.54) is 0 Å². The second kappa shape index (κ2) is 7.23. The molecule has 0 unspecified atom stereocenters. The van der Waals surface area contributed by atoms with Crippen molar-refractivity contribution in [2.45, 2.75) is 53.1 Å². The molecule has 2 aromatic rings. The number of ether oxygens (including phenoxy) is 2. The summed E-state index contributed by atoms with van der Waals surface area (Å²) in [5.74, 6) is -0.486. The Bertz CT molecular complexity index is 1100. The lowest BCUT2D eigenvalue weighted by molar-refractivity contribution is -0.156. The molecule has 0 atom stereocenters. The molecule has 0 aromatic heterocycles. The normalized spacial score (nSPS) is 17.0. The van der Waals surface area contributed by atoms with Gasteiger partial charge in [0.2, 0.25) is 0 Å². The van der Waals surface area contributed by atoms with Crippen molar-refractivity contribution < 1.29 is 19.1 Å². The zero-order valence-corrected chi connectivity index (χ0v) is 18.8. The molecule has 1 aliphatic heterocycles. The maximum Gasteiger partial charge on any atom is 0.343 e. The zero-order chi connectivity index (χ0) is 22.6. The maximum atomic E-state index is 13.3. The van der Waals surface area contributed by atoms with Crippen LogP contribution in [0.5, 0.6) is 0 Å². The standard InChI is InChI=1S/C27H28O4/c1-7-18-12-16(2)21(17(3)13-18)22-23(30-25(29)26(4,5)6)27(31-24(22)28)14-19-10-8-9-11-20(19)15-27/h7-13H,1,14-15H2,2-6H3. The third kappa shape index (κ3) is 3.50. The summed E-state index contributed by atoms with van der Waals surface area (Å²) in [4.78, 5) is 26.2. The number of carbonyl (C=O) groups is 2. The second-order valence-corrected chi connectivity index (χ2v) is 9.58. The molecule has 0 saturated heterocycles. The van der Waals surface area contributed by atoms with E-state index in [4.69, 9.17) is 9.47 Å². The highest BCUT2D eigenvalue weighted by atomic mass is 16.6. The van der Waals surface area contributed by atoms with E-state index in [9.17, 15) is 9.59 Å². The predicted octanol–water partition coefficient (Wildman–Crippen LogP) is 5.34. The SMILES string of the molecule is C=Cc1cc(C)c(C2=C(OC(=O)C(C)(C)C)C3(Cc4ccccc4C3)OC2=O)c(C)c1. The van der Waals surface area contributed by atoms with Gasteiger partial charge in [0, 0.05) is 12.8 Å². The number of esters is 2. The van der Waals surface area contributed by atoms with Gasteiger partial charge >= 0.3 is 11.9 Å². The van der Waals surface area contributed by atoms with E-state index in [2.05, 4.69) is 6.58 Å². The summed E-state index contributed by atoms with van der Waals surface area (Å²) >= 11 is 0. The number of hydrogen-bond donors (Lipinski definition) is 0. The molecule has 1 spiro atoms. The van der Waals surface area contributed by atoms with Gasteiger partial charge < -0.3 is 9.47 Å². The molecule has 31 heavy (non-hydrogen) atoms. The van der Waals surface area contributed by atoms with Gasteiger partial charge in [-0.15, -0.1) is 0 Å². The number of benzene rings is 2. The molecule has 4 heteroatoms. The summed E-state index contributed by atoms with van der Waals surface area (Å²) in [6.07, 6.45) is 2.77. The lowest BCUT2D eigenvalue weighted by Gasteiger charge is -2.27. The van der Waals surface area contributed by atoms with E-state index in [0.717, 1.165) is 33.4 Å². The summed E-state index contributed by atoms with van der Waals surface area (Å²) in [7, 11) is 0. The number of hydrogen-bond acceptors (Lipinski definition) is 4.